The fourth-order valence-corrected chi connectivity index (χ4v) is 2.10. The fraction of sp³-hybridized carbons (Fsp3) is 0.833. The molecule has 13 heavy (non-hydrogen) atoms. The molecule has 0 N–H and O–H groups in total. The minimum Gasteiger partial charge on any atom is -0.294 e. The Morgan fingerprint density at radius 2 is 2.00 bits per heavy atom. The maximum absolute atomic E-state index is 2.60. The van der Waals surface area contributed by atoms with Crippen LogP contribution in [0.15, 0.2) is 11.1 Å². The van der Waals surface area contributed by atoms with Crippen molar-refractivity contribution in [3.63, 3.8) is 0 Å². The van der Waals surface area contributed by atoms with E-state index in [0.717, 1.165) is 6.04 Å². The van der Waals surface area contributed by atoms with E-state index in [1.165, 1.54) is 25.0 Å². The molecule has 1 fully saturated rings. The molecule has 1 heterocycles. The number of hydrogen-bond donors (Lipinski definition) is 0. The van der Waals surface area contributed by atoms with Gasteiger partial charge in [0, 0.05) is 18.6 Å². The van der Waals surface area contributed by atoms with Crippen LogP contribution in [0.4, 0.5) is 0 Å². The van der Waals surface area contributed by atoms with E-state index in [1.54, 1.807) is 5.57 Å². The SMILES string of the molecule is CC(C)=C1CCC(C)N(C(C)C)C1. The summed E-state index contributed by atoms with van der Waals surface area (Å²) in [5, 5.41) is 0. The molecule has 1 rings (SSSR count). The van der Waals surface area contributed by atoms with E-state index in [2.05, 4.69) is 39.5 Å². The van der Waals surface area contributed by atoms with Gasteiger partial charge in [-0.15, -0.1) is 0 Å². The van der Waals surface area contributed by atoms with Crippen molar-refractivity contribution in [1.29, 1.82) is 0 Å². The first kappa shape index (κ1) is 10.8. The van der Waals surface area contributed by atoms with Crippen LogP contribution in [-0.4, -0.2) is 23.5 Å². The summed E-state index contributed by atoms with van der Waals surface area (Å²) >= 11 is 0. The zero-order valence-corrected chi connectivity index (χ0v) is 9.72. The van der Waals surface area contributed by atoms with Crippen LogP contribution in [0.1, 0.15) is 47.5 Å². The summed E-state index contributed by atoms with van der Waals surface area (Å²) in [6, 6.07) is 1.45. The van der Waals surface area contributed by atoms with Crippen molar-refractivity contribution in [2.45, 2.75) is 59.5 Å². The molecule has 1 unspecified atom stereocenters. The molecule has 1 aliphatic rings. The highest BCUT2D eigenvalue weighted by atomic mass is 15.2. The Hall–Kier alpha value is -0.300. The normalized spacial score (nSPS) is 25.4. The lowest BCUT2D eigenvalue weighted by molar-refractivity contribution is 0.150. The molecule has 0 saturated carbocycles. The summed E-state index contributed by atoms with van der Waals surface area (Å²) in [5.41, 5.74) is 3.18. The molecule has 1 atom stereocenters. The van der Waals surface area contributed by atoms with Crippen LogP contribution in [0, 0.1) is 0 Å². The summed E-state index contributed by atoms with van der Waals surface area (Å²) in [7, 11) is 0. The van der Waals surface area contributed by atoms with Crippen LogP contribution in [0.3, 0.4) is 0 Å². The van der Waals surface area contributed by atoms with E-state index in [1.807, 2.05) is 0 Å². The smallest absolute Gasteiger partial charge is 0.0200 e. The van der Waals surface area contributed by atoms with E-state index in [9.17, 15) is 0 Å². The Bertz CT molecular complexity index is 199. The largest absolute Gasteiger partial charge is 0.294 e. The molecule has 1 heteroatoms. The zero-order valence-electron chi connectivity index (χ0n) is 9.72. The van der Waals surface area contributed by atoms with E-state index < -0.39 is 0 Å². The van der Waals surface area contributed by atoms with Gasteiger partial charge in [-0.05, 0) is 47.5 Å². The Balaban J connectivity index is 2.69. The third kappa shape index (κ3) is 2.57. The highest BCUT2D eigenvalue weighted by molar-refractivity contribution is 5.14. The summed E-state index contributed by atoms with van der Waals surface area (Å²) in [4.78, 5) is 2.60. The van der Waals surface area contributed by atoms with Crippen molar-refractivity contribution in [3.8, 4) is 0 Å². The van der Waals surface area contributed by atoms with Gasteiger partial charge in [0.05, 0.1) is 0 Å². The van der Waals surface area contributed by atoms with Crippen LogP contribution in [0.25, 0.3) is 0 Å². The lowest BCUT2D eigenvalue weighted by Crippen LogP contribution is -2.43. The van der Waals surface area contributed by atoms with Gasteiger partial charge in [-0.25, -0.2) is 0 Å². The summed E-state index contributed by atoms with van der Waals surface area (Å²) in [5.74, 6) is 0. The minimum atomic E-state index is 0.685. The number of rotatable bonds is 1. The van der Waals surface area contributed by atoms with Gasteiger partial charge < -0.3 is 0 Å². The number of piperidine rings is 1. The van der Waals surface area contributed by atoms with E-state index >= 15 is 0 Å². The van der Waals surface area contributed by atoms with Crippen molar-refractivity contribution in [2.24, 2.45) is 0 Å². The average molecular weight is 181 g/mol. The van der Waals surface area contributed by atoms with Crippen molar-refractivity contribution >= 4 is 0 Å². The van der Waals surface area contributed by atoms with Crippen molar-refractivity contribution in [1.82, 2.24) is 4.90 Å². The second kappa shape index (κ2) is 4.28. The predicted octanol–water partition coefficient (Wildman–Crippen LogP) is 3.22. The van der Waals surface area contributed by atoms with Gasteiger partial charge in [-0.3, -0.25) is 4.90 Å². The number of nitrogens with zero attached hydrogens (tertiary/aromatic N) is 1. The molecule has 1 saturated heterocycles. The Morgan fingerprint density at radius 1 is 1.38 bits per heavy atom. The van der Waals surface area contributed by atoms with Gasteiger partial charge >= 0.3 is 0 Å². The van der Waals surface area contributed by atoms with E-state index in [4.69, 9.17) is 0 Å². The van der Waals surface area contributed by atoms with Gasteiger partial charge in [0.2, 0.25) is 0 Å². The van der Waals surface area contributed by atoms with E-state index in [-0.39, 0.29) is 0 Å². The second-order valence-electron chi connectivity index (χ2n) is 4.76. The summed E-state index contributed by atoms with van der Waals surface area (Å²) < 4.78 is 0. The molecule has 0 aromatic carbocycles. The molecule has 0 aromatic heterocycles. The Kier molecular flexibility index (Phi) is 3.55. The highest BCUT2D eigenvalue weighted by Gasteiger charge is 2.23. The molecule has 0 spiro atoms. The molecular formula is C12H23N. The monoisotopic (exact) mass is 181 g/mol. The van der Waals surface area contributed by atoms with Crippen molar-refractivity contribution < 1.29 is 0 Å². The molecule has 0 amide bonds. The molecule has 1 nitrogen and oxygen atoms in total. The number of allylic oxidation sites excluding steroid dienone is 1. The average Bonchev–Trinajstić information content (AvgIpc) is 2.04. The van der Waals surface area contributed by atoms with Crippen LogP contribution < -0.4 is 0 Å². The molecule has 76 valence electrons. The molecule has 0 radical (unpaired) electrons. The highest BCUT2D eigenvalue weighted by Crippen LogP contribution is 2.24. The Morgan fingerprint density at radius 3 is 2.46 bits per heavy atom. The van der Waals surface area contributed by atoms with Crippen molar-refractivity contribution in [2.75, 3.05) is 6.54 Å². The first-order valence-corrected chi connectivity index (χ1v) is 5.43. The maximum Gasteiger partial charge on any atom is 0.0200 e. The number of likely N-dealkylation sites (tertiary alicyclic amines) is 1. The Labute approximate surface area is 82.8 Å². The van der Waals surface area contributed by atoms with Gasteiger partial charge in [-0.2, -0.15) is 0 Å². The molecule has 0 aliphatic carbocycles. The first-order chi connectivity index (χ1) is 6.02. The van der Waals surface area contributed by atoms with Gasteiger partial charge in [0.25, 0.3) is 0 Å². The molecular weight excluding hydrogens is 158 g/mol. The quantitative estimate of drug-likeness (QED) is 0.561. The van der Waals surface area contributed by atoms with Crippen LogP contribution in [0.2, 0.25) is 0 Å². The predicted molar refractivity (Wildman–Crippen MR) is 58.9 cm³/mol. The third-order valence-corrected chi connectivity index (χ3v) is 3.17. The van der Waals surface area contributed by atoms with Crippen LogP contribution in [0.5, 0.6) is 0 Å². The summed E-state index contributed by atoms with van der Waals surface area (Å²) in [6.07, 6.45) is 2.64. The van der Waals surface area contributed by atoms with Gasteiger partial charge in [-0.1, -0.05) is 11.1 Å². The molecule has 0 bridgehead atoms. The van der Waals surface area contributed by atoms with E-state index in [0.29, 0.717) is 6.04 Å². The topological polar surface area (TPSA) is 3.24 Å². The molecule has 0 aromatic rings. The van der Waals surface area contributed by atoms with Crippen molar-refractivity contribution in [3.05, 3.63) is 11.1 Å². The first-order valence-electron chi connectivity index (χ1n) is 5.43. The zero-order chi connectivity index (χ0) is 10.0. The molecule has 1 aliphatic heterocycles. The standard InChI is InChI=1S/C12H23N/c1-9(2)12-7-6-11(5)13(8-12)10(3)4/h10-11H,6-8H2,1-5H3. The maximum atomic E-state index is 2.60. The van der Waals surface area contributed by atoms with Gasteiger partial charge in [0.1, 0.15) is 0 Å². The minimum absolute atomic E-state index is 0.685. The third-order valence-electron chi connectivity index (χ3n) is 3.17. The van der Waals surface area contributed by atoms with Crippen LogP contribution in [-0.2, 0) is 0 Å². The summed E-state index contributed by atoms with van der Waals surface area (Å²) in [6.45, 7) is 12.6. The number of hydrogen-bond acceptors (Lipinski definition) is 1. The lowest BCUT2D eigenvalue weighted by atomic mass is 9.94. The van der Waals surface area contributed by atoms with Crippen LogP contribution >= 0.6 is 0 Å². The van der Waals surface area contributed by atoms with Gasteiger partial charge in [0.15, 0.2) is 0 Å². The lowest BCUT2D eigenvalue weighted by Gasteiger charge is -2.38. The fourth-order valence-electron chi connectivity index (χ4n) is 2.10. The second-order valence-corrected chi connectivity index (χ2v) is 4.76.